The second-order valence-corrected chi connectivity index (χ2v) is 5.53. The van der Waals surface area contributed by atoms with Crippen molar-refractivity contribution in [2.24, 2.45) is 0 Å². The molecule has 120 valence electrons. The summed E-state index contributed by atoms with van der Waals surface area (Å²) >= 11 is 0. The predicted octanol–water partition coefficient (Wildman–Crippen LogP) is 1.91. The van der Waals surface area contributed by atoms with Crippen LogP contribution in [0.3, 0.4) is 0 Å². The van der Waals surface area contributed by atoms with E-state index < -0.39 is 5.82 Å². The Balaban J connectivity index is 1.84. The van der Waals surface area contributed by atoms with E-state index in [9.17, 15) is 9.18 Å². The number of fused-ring (bicyclic) bond motifs is 1. The maximum absolute atomic E-state index is 13.9. The summed E-state index contributed by atoms with van der Waals surface area (Å²) in [6, 6.07) is 6.02. The number of aromatic nitrogens is 4. The first-order valence-corrected chi connectivity index (χ1v) is 7.44. The Kier molecular flexibility index (Phi) is 4.20. The van der Waals surface area contributed by atoms with Crippen molar-refractivity contribution in [3.8, 4) is 0 Å². The fraction of sp³-hybridized carbons (Fsp3) is 0.312. The molecule has 0 saturated carbocycles. The van der Waals surface area contributed by atoms with Crippen LogP contribution in [0, 0.1) is 5.82 Å². The largest absolute Gasteiger partial charge is 0.355 e. The average Bonchev–Trinajstić information content (AvgIpc) is 2.95. The number of hydrogen-bond donors (Lipinski definition) is 1. The molecular weight excluding hydrogens is 297 g/mol. The first-order valence-electron chi connectivity index (χ1n) is 7.44. The highest BCUT2D eigenvalue weighted by molar-refractivity contribution is 5.78. The number of rotatable bonds is 5. The van der Waals surface area contributed by atoms with Crippen LogP contribution in [0.2, 0.25) is 0 Å². The molecular formula is C16H18FN5O. The summed E-state index contributed by atoms with van der Waals surface area (Å²) in [5.41, 5.74) is 0.733. The molecule has 0 amide bonds. The number of para-hydroxylation sites is 1. The molecule has 0 fully saturated rings. The van der Waals surface area contributed by atoms with E-state index in [0.717, 1.165) is 12.4 Å². The smallest absolute Gasteiger partial charge is 0.189 e. The second-order valence-electron chi connectivity index (χ2n) is 5.53. The molecule has 2 aromatic heterocycles. The van der Waals surface area contributed by atoms with E-state index in [1.807, 2.05) is 23.4 Å². The van der Waals surface area contributed by atoms with Gasteiger partial charge in [-0.15, -0.1) is 10.2 Å². The van der Waals surface area contributed by atoms with Gasteiger partial charge in [0.25, 0.3) is 0 Å². The predicted molar refractivity (Wildman–Crippen MR) is 85.4 cm³/mol. The van der Waals surface area contributed by atoms with Gasteiger partial charge in [-0.1, -0.05) is 6.07 Å². The minimum absolute atomic E-state index is 0.182. The Bertz CT molecular complexity index is 886. The van der Waals surface area contributed by atoms with Gasteiger partial charge in [0.2, 0.25) is 0 Å². The lowest BCUT2D eigenvalue weighted by atomic mass is 10.2. The summed E-state index contributed by atoms with van der Waals surface area (Å²) in [5.74, 6) is 0.430. The van der Waals surface area contributed by atoms with Gasteiger partial charge >= 0.3 is 0 Å². The number of nitrogens with one attached hydrogen (secondary N) is 1. The zero-order valence-corrected chi connectivity index (χ0v) is 13.1. The molecule has 1 aromatic carbocycles. The summed E-state index contributed by atoms with van der Waals surface area (Å²) in [5, 5.41) is 8.35. The summed E-state index contributed by atoms with van der Waals surface area (Å²) in [7, 11) is 1.92. The molecule has 7 heteroatoms. The van der Waals surface area contributed by atoms with Gasteiger partial charge in [0.15, 0.2) is 5.43 Å². The highest BCUT2D eigenvalue weighted by Gasteiger charge is 2.10. The lowest BCUT2D eigenvalue weighted by molar-refractivity contribution is 0.301. The molecule has 3 rings (SSSR count). The molecule has 0 aliphatic carbocycles. The normalized spacial score (nSPS) is 11.5. The Morgan fingerprint density at radius 1 is 1.35 bits per heavy atom. The van der Waals surface area contributed by atoms with Crippen LogP contribution in [0.15, 0.2) is 35.4 Å². The molecule has 1 N–H and O–H groups in total. The summed E-state index contributed by atoms with van der Waals surface area (Å²) < 4.78 is 15.8. The second kappa shape index (κ2) is 6.29. The van der Waals surface area contributed by atoms with Gasteiger partial charge in [0.05, 0.1) is 12.1 Å². The van der Waals surface area contributed by atoms with Crippen LogP contribution >= 0.6 is 0 Å². The minimum Gasteiger partial charge on any atom is -0.355 e. The summed E-state index contributed by atoms with van der Waals surface area (Å²) in [4.78, 5) is 17.1. The third kappa shape index (κ3) is 3.14. The van der Waals surface area contributed by atoms with Crippen LogP contribution in [0.25, 0.3) is 10.9 Å². The van der Waals surface area contributed by atoms with Crippen molar-refractivity contribution >= 4 is 10.9 Å². The van der Waals surface area contributed by atoms with E-state index in [4.69, 9.17) is 0 Å². The number of aromatic amines is 1. The standard InChI is InChI=1S/C16H18FN5O/c1-3-22-10-18-20-15(22)9-21(2)8-11-7-14(23)12-5-4-6-13(17)16(12)19-11/h4-7,10H,3,8-9H2,1-2H3,(H,19,23). The van der Waals surface area contributed by atoms with Gasteiger partial charge in [-0.3, -0.25) is 9.69 Å². The van der Waals surface area contributed by atoms with Crippen molar-refractivity contribution in [1.82, 2.24) is 24.6 Å². The third-order valence-electron chi connectivity index (χ3n) is 3.76. The van der Waals surface area contributed by atoms with E-state index in [2.05, 4.69) is 15.2 Å². The van der Waals surface area contributed by atoms with Crippen molar-refractivity contribution in [1.29, 1.82) is 0 Å². The highest BCUT2D eigenvalue weighted by Crippen LogP contribution is 2.13. The van der Waals surface area contributed by atoms with Crippen molar-refractivity contribution in [3.05, 3.63) is 58.2 Å². The molecule has 23 heavy (non-hydrogen) atoms. The molecule has 6 nitrogen and oxygen atoms in total. The number of benzene rings is 1. The van der Waals surface area contributed by atoms with E-state index in [-0.39, 0.29) is 10.9 Å². The van der Waals surface area contributed by atoms with E-state index in [0.29, 0.717) is 24.2 Å². The zero-order chi connectivity index (χ0) is 16.4. The van der Waals surface area contributed by atoms with Crippen molar-refractivity contribution in [3.63, 3.8) is 0 Å². The Labute approximate surface area is 132 Å². The van der Waals surface area contributed by atoms with E-state index in [1.165, 1.54) is 18.2 Å². The van der Waals surface area contributed by atoms with Gasteiger partial charge in [-0.2, -0.15) is 0 Å². The van der Waals surface area contributed by atoms with Crippen LogP contribution in [0.1, 0.15) is 18.4 Å². The molecule has 0 saturated heterocycles. The topological polar surface area (TPSA) is 66.8 Å². The molecule has 0 spiro atoms. The lowest BCUT2D eigenvalue weighted by Gasteiger charge is -2.16. The molecule has 0 aliphatic heterocycles. The van der Waals surface area contributed by atoms with Crippen molar-refractivity contribution in [2.45, 2.75) is 26.6 Å². The van der Waals surface area contributed by atoms with Crippen LogP contribution in [0.5, 0.6) is 0 Å². The number of pyridine rings is 1. The molecule has 0 unspecified atom stereocenters. The van der Waals surface area contributed by atoms with Gasteiger partial charge in [0, 0.05) is 30.2 Å². The number of aryl methyl sites for hydroxylation is 1. The lowest BCUT2D eigenvalue weighted by Crippen LogP contribution is -2.21. The number of H-pyrrole nitrogens is 1. The van der Waals surface area contributed by atoms with Gasteiger partial charge in [0.1, 0.15) is 18.0 Å². The zero-order valence-electron chi connectivity index (χ0n) is 13.1. The quantitative estimate of drug-likeness (QED) is 0.781. The molecule has 0 radical (unpaired) electrons. The molecule has 0 aliphatic rings. The van der Waals surface area contributed by atoms with Gasteiger partial charge in [-0.05, 0) is 26.1 Å². The third-order valence-corrected chi connectivity index (χ3v) is 3.76. The monoisotopic (exact) mass is 315 g/mol. The van der Waals surface area contributed by atoms with Gasteiger partial charge < -0.3 is 9.55 Å². The SMILES string of the molecule is CCn1cnnc1CN(C)Cc1cc(=O)c2cccc(F)c2[nH]1. The molecule has 0 atom stereocenters. The minimum atomic E-state index is -0.421. The van der Waals surface area contributed by atoms with E-state index >= 15 is 0 Å². The van der Waals surface area contributed by atoms with Crippen molar-refractivity contribution in [2.75, 3.05) is 7.05 Å². The molecule has 0 bridgehead atoms. The number of nitrogens with zero attached hydrogens (tertiary/aromatic N) is 4. The fourth-order valence-electron chi connectivity index (χ4n) is 2.63. The van der Waals surface area contributed by atoms with Crippen LogP contribution in [0.4, 0.5) is 4.39 Å². The first kappa shape index (κ1) is 15.4. The Morgan fingerprint density at radius 3 is 2.96 bits per heavy atom. The van der Waals surface area contributed by atoms with Crippen LogP contribution in [-0.4, -0.2) is 31.7 Å². The van der Waals surface area contributed by atoms with Crippen LogP contribution < -0.4 is 5.43 Å². The number of halogens is 1. The number of hydrogen-bond acceptors (Lipinski definition) is 4. The highest BCUT2D eigenvalue weighted by atomic mass is 19.1. The average molecular weight is 315 g/mol. The van der Waals surface area contributed by atoms with Gasteiger partial charge in [-0.25, -0.2) is 4.39 Å². The first-order chi connectivity index (χ1) is 11.1. The summed E-state index contributed by atoms with van der Waals surface area (Å²) in [6.07, 6.45) is 1.69. The molecule has 3 aromatic rings. The van der Waals surface area contributed by atoms with E-state index in [1.54, 1.807) is 12.4 Å². The summed E-state index contributed by atoms with van der Waals surface area (Å²) in [6.45, 7) is 3.89. The van der Waals surface area contributed by atoms with Crippen LogP contribution in [-0.2, 0) is 19.6 Å². The maximum Gasteiger partial charge on any atom is 0.189 e. The Morgan fingerprint density at radius 2 is 2.17 bits per heavy atom. The van der Waals surface area contributed by atoms with Crippen molar-refractivity contribution < 1.29 is 4.39 Å². The maximum atomic E-state index is 13.9. The Hall–Kier alpha value is -2.54. The molecule has 2 heterocycles. The fourth-order valence-corrected chi connectivity index (χ4v) is 2.63.